The molecule has 2 aromatic heterocycles. The average Bonchev–Trinajstić information content (AvgIpc) is 3.34. The summed E-state index contributed by atoms with van der Waals surface area (Å²) in [4.78, 5) is 2.49. The highest BCUT2D eigenvalue weighted by Gasteiger charge is 2.30. The number of nitrogens with zero attached hydrogens (tertiary/aromatic N) is 2. The van der Waals surface area contributed by atoms with E-state index in [1.165, 1.54) is 9.75 Å². The molecule has 0 aliphatic carbocycles. The van der Waals surface area contributed by atoms with Crippen LogP contribution in [0.1, 0.15) is 22.2 Å². The fraction of sp³-hybridized carbons (Fsp3) is 0.105. The van der Waals surface area contributed by atoms with E-state index >= 15 is 0 Å². The summed E-state index contributed by atoms with van der Waals surface area (Å²) in [5.41, 5.74) is 1.92. The zero-order chi connectivity index (χ0) is 17.2. The fourth-order valence-electron chi connectivity index (χ4n) is 2.79. The van der Waals surface area contributed by atoms with Crippen molar-refractivity contribution in [3.63, 3.8) is 0 Å². The third kappa shape index (κ3) is 3.67. The Kier molecular flexibility index (Phi) is 4.95. The van der Waals surface area contributed by atoms with Crippen molar-refractivity contribution < 1.29 is 0 Å². The molecule has 4 rings (SSSR count). The summed E-state index contributed by atoms with van der Waals surface area (Å²) >= 11 is 15.9. The summed E-state index contributed by atoms with van der Waals surface area (Å²) < 4.78 is 0. The second-order valence-corrected chi connectivity index (χ2v) is 8.42. The van der Waals surface area contributed by atoms with E-state index in [1.807, 2.05) is 17.1 Å². The van der Waals surface area contributed by atoms with Gasteiger partial charge in [-0.2, -0.15) is 5.10 Å². The van der Waals surface area contributed by atoms with Crippen LogP contribution in [0.5, 0.6) is 0 Å². The van der Waals surface area contributed by atoms with E-state index in [4.69, 9.17) is 28.3 Å². The van der Waals surface area contributed by atoms with Gasteiger partial charge in [-0.15, -0.1) is 22.7 Å². The minimum Gasteiger partial charge on any atom is -0.255 e. The number of hydrogen-bond donors (Lipinski definition) is 0. The first-order valence-corrected chi connectivity index (χ1v) is 10.3. The number of hydrazone groups is 1. The van der Waals surface area contributed by atoms with E-state index in [1.54, 1.807) is 28.7 Å². The van der Waals surface area contributed by atoms with Crippen molar-refractivity contribution in [3.8, 4) is 0 Å². The standard InChI is InChI=1S/C19H14Cl2N2S2/c20-13-5-8-17(16(21)11-13)23-18(19-4-2-10-25-19)12-14(22-23)6-7-15-3-1-9-24-15/h1-11,18H,12H2/b7-6+/t18-/m0/s1. The first kappa shape index (κ1) is 16.9. The Hall–Kier alpha value is -1.59. The zero-order valence-electron chi connectivity index (χ0n) is 13.1. The van der Waals surface area contributed by atoms with Gasteiger partial charge in [0.15, 0.2) is 0 Å². The van der Waals surface area contributed by atoms with Crippen molar-refractivity contribution >= 4 is 63.4 Å². The summed E-state index contributed by atoms with van der Waals surface area (Å²) in [6.45, 7) is 0. The summed E-state index contributed by atoms with van der Waals surface area (Å²) in [6.07, 6.45) is 5.06. The predicted octanol–water partition coefficient (Wildman–Crippen LogP) is 7.14. The molecule has 0 fully saturated rings. The van der Waals surface area contributed by atoms with E-state index < -0.39 is 0 Å². The number of hydrogen-bond acceptors (Lipinski definition) is 4. The number of thiophene rings is 2. The van der Waals surface area contributed by atoms with E-state index in [0.29, 0.717) is 10.0 Å². The molecule has 0 spiro atoms. The van der Waals surface area contributed by atoms with Crippen LogP contribution >= 0.6 is 45.9 Å². The van der Waals surface area contributed by atoms with Crippen LogP contribution in [-0.4, -0.2) is 5.71 Å². The molecule has 0 unspecified atom stereocenters. The second kappa shape index (κ2) is 7.34. The third-order valence-corrected chi connectivity index (χ3v) is 6.29. The highest BCUT2D eigenvalue weighted by Crippen LogP contribution is 2.41. The lowest BCUT2D eigenvalue weighted by atomic mass is 10.1. The van der Waals surface area contributed by atoms with Crippen LogP contribution in [0.3, 0.4) is 0 Å². The number of allylic oxidation sites excluding steroid dienone is 1. The van der Waals surface area contributed by atoms with Gasteiger partial charge in [0.2, 0.25) is 0 Å². The molecule has 0 N–H and O–H groups in total. The van der Waals surface area contributed by atoms with Crippen LogP contribution < -0.4 is 5.01 Å². The SMILES string of the molecule is Clc1ccc(N2N=C(/C=C/c3cccs3)C[C@H]2c2cccs2)c(Cl)c1. The quantitative estimate of drug-likeness (QED) is 0.451. The molecule has 1 aliphatic rings. The molecule has 3 aromatic rings. The van der Waals surface area contributed by atoms with Gasteiger partial charge in [0.25, 0.3) is 0 Å². The van der Waals surface area contributed by atoms with Gasteiger partial charge in [-0.1, -0.05) is 35.3 Å². The van der Waals surface area contributed by atoms with Crippen molar-refractivity contribution in [2.24, 2.45) is 5.10 Å². The van der Waals surface area contributed by atoms with Crippen LogP contribution in [0.25, 0.3) is 6.08 Å². The average molecular weight is 405 g/mol. The molecule has 2 nitrogen and oxygen atoms in total. The molecule has 0 amide bonds. The number of anilines is 1. The summed E-state index contributed by atoms with van der Waals surface area (Å²) in [5.74, 6) is 0. The molecule has 126 valence electrons. The van der Waals surface area contributed by atoms with Crippen LogP contribution in [0.15, 0.2) is 64.4 Å². The molecular formula is C19H14Cl2N2S2. The van der Waals surface area contributed by atoms with Gasteiger partial charge < -0.3 is 0 Å². The van der Waals surface area contributed by atoms with Gasteiger partial charge in [-0.25, -0.2) is 0 Å². The van der Waals surface area contributed by atoms with Crippen molar-refractivity contribution in [2.45, 2.75) is 12.5 Å². The molecule has 0 bridgehead atoms. The molecule has 3 heterocycles. The number of halogens is 2. The number of rotatable bonds is 4. The normalized spacial score (nSPS) is 17.4. The van der Waals surface area contributed by atoms with Gasteiger partial charge in [0.05, 0.1) is 22.5 Å². The Labute approximate surface area is 164 Å². The largest absolute Gasteiger partial charge is 0.255 e. The monoisotopic (exact) mass is 404 g/mol. The van der Waals surface area contributed by atoms with Crippen LogP contribution in [-0.2, 0) is 0 Å². The number of benzene rings is 1. The summed E-state index contributed by atoms with van der Waals surface area (Å²) in [5, 5.41) is 12.3. The maximum atomic E-state index is 6.43. The van der Waals surface area contributed by atoms with E-state index in [0.717, 1.165) is 17.8 Å². The first-order valence-electron chi connectivity index (χ1n) is 7.77. The predicted molar refractivity (Wildman–Crippen MR) is 111 cm³/mol. The molecule has 1 aliphatic heterocycles. The second-order valence-electron chi connectivity index (χ2n) is 5.62. The molecule has 25 heavy (non-hydrogen) atoms. The minimum absolute atomic E-state index is 0.154. The first-order chi connectivity index (χ1) is 12.2. The highest BCUT2D eigenvalue weighted by molar-refractivity contribution is 7.11. The molecule has 6 heteroatoms. The minimum atomic E-state index is 0.154. The van der Waals surface area contributed by atoms with Crippen LogP contribution in [0.4, 0.5) is 5.69 Å². The summed E-state index contributed by atoms with van der Waals surface area (Å²) in [6, 6.07) is 14.1. The highest BCUT2D eigenvalue weighted by atomic mass is 35.5. The Morgan fingerprint density at radius 2 is 1.88 bits per heavy atom. The van der Waals surface area contributed by atoms with Gasteiger partial charge in [0, 0.05) is 21.2 Å². The Bertz CT molecular complexity index is 915. The molecule has 0 saturated heterocycles. The summed E-state index contributed by atoms with van der Waals surface area (Å²) in [7, 11) is 0. The molecule has 1 atom stereocenters. The lowest BCUT2D eigenvalue weighted by molar-refractivity contribution is 0.722. The Morgan fingerprint density at radius 3 is 2.60 bits per heavy atom. The third-order valence-electron chi connectivity index (χ3n) is 3.95. The van der Waals surface area contributed by atoms with Crippen LogP contribution in [0, 0.1) is 0 Å². The van der Waals surface area contributed by atoms with Gasteiger partial charge >= 0.3 is 0 Å². The lowest BCUT2D eigenvalue weighted by Crippen LogP contribution is -2.17. The van der Waals surface area contributed by atoms with Gasteiger partial charge in [0.1, 0.15) is 0 Å². The Morgan fingerprint density at radius 1 is 1.04 bits per heavy atom. The molecule has 1 aromatic carbocycles. The lowest BCUT2D eigenvalue weighted by Gasteiger charge is -2.23. The van der Waals surface area contributed by atoms with Crippen molar-refractivity contribution in [1.29, 1.82) is 0 Å². The van der Waals surface area contributed by atoms with Crippen molar-refractivity contribution in [2.75, 3.05) is 5.01 Å². The topological polar surface area (TPSA) is 15.6 Å². The van der Waals surface area contributed by atoms with Gasteiger partial charge in [-0.05, 0) is 53.2 Å². The van der Waals surface area contributed by atoms with Crippen LogP contribution in [0.2, 0.25) is 10.0 Å². The van der Waals surface area contributed by atoms with Crippen molar-refractivity contribution in [3.05, 3.63) is 79.1 Å². The molecule has 0 saturated carbocycles. The van der Waals surface area contributed by atoms with Gasteiger partial charge in [-0.3, -0.25) is 5.01 Å². The molecule has 0 radical (unpaired) electrons. The van der Waals surface area contributed by atoms with Crippen molar-refractivity contribution in [1.82, 2.24) is 0 Å². The smallest absolute Gasteiger partial charge is 0.0924 e. The Balaban J connectivity index is 1.68. The van der Waals surface area contributed by atoms with E-state index in [2.05, 4.69) is 47.2 Å². The fourth-order valence-corrected chi connectivity index (χ4v) is 4.71. The maximum absolute atomic E-state index is 6.43. The zero-order valence-corrected chi connectivity index (χ0v) is 16.2. The molecular weight excluding hydrogens is 391 g/mol. The maximum Gasteiger partial charge on any atom is 0.0924 e. The van der Waals surface area contributed by atoms with E-state index in [9.17, 15) is 0 Å². The van der Waals surface area contributed by atoms with E-state index in [-0.39, 0.29) is 6.04 Å².